The van der Waals surface area contributed by atoms with Gasteiger partial charge in [-0.05, 0) is 31.7 Å². The van der Waals surface area contributed by atoms with E-state index in [1.165, 1.54) is 0 Å². The minimum atomic E-state index is -0.0289. The second kappa shape index (κ2) is 7.31. The van der Waals surface area contributed by atoms with Crippen molar-refractivity contribution in [1.82, 2.24) is 14.9 Å². The standard InChI is InChI=1S/C15H24N6O.ClH/c1-19-9-12-13(20(2)15(19)22)17-10-18-14(12)21-7-4-11(3-6-16)5-8-21;/h10-11H,3-9,16H2,1-2H3;1H. The summed E-state index contributed by atoms with van der Waals surface area (Å²) in [5.74, 6) is 2.44. The lowest BCUT2D eigenvalue weighted by molar-refractivity contribution is 0.211. The Morgan fingerprint density at radius 3 is 2.52 bits per heavy atom. The zero-order chi connectivity index (χ0) is 15.7. The molecule has 1 saturated heterocycles. The average molecular weight is 341 g/mol. The first kappa shape index (κ1) is 17.7. The van der Waals surface area contributed by atoms with Crippen LogP contribution in [-0.2, 0) is 6.54 Å². The summed E-state index contributed by atoms with van der Waals surface area (Å²) in [6, 6.07) is -0.0289. The molecule has 128 valence electrons. The number of rotatable bonds is 3. The molecule has 1 aromatic rings. The van der Waals surface area contributed by atoms with Crippen LogP contribution in [0.25, 0.3) is 0 Å². The predicted molar refractivity (Wildman–Crippen MR) is 93.2 cm³/mol. The number of piperidine rings is 1. The third-order valence-corrected chi connectivity index (χ3v) is 4.72. The minimum absolute atomic E-state index is 0. The number of carbonyl (C=O) groups excluding carboxylic acids is 1. The predicted octanol–water partition coefficient (Wildman–Crippen LogP) is 1.47. The van der Waals surface area contributed by atoms with Crippen molar-refractivity contribution in [2.75, 3.05) is 43.5 Å². The Kier molecular flexibility index (Phi) is 5.64. The number of halogens is 1. The maximum Gasteiger partial charge on any atom is 0.325 e. The summed E-state index contributed by atoms with van der Waals surface area (Å²) >= 11 is 0. The maximum absolute atomic E-state index is 12.1. The summed E-state index contributed by atoms with van der Waals surface area (Å²) in [6.45, 7) is 3.33. The second-order valence-corrected chi connectivity index (χ2v) is 6.20. The van der Waals surface area contributed by atoms with Gasteiger partial charge in [-0.2, -0.15) is 0 Å². The SMILES string of the molecule is CN1Cc2c(N3CCC(CCN)CC3)ncnc2N(C)C1=O.Cl. The molecule has 23 heavy (non-hydrogen) atoms. The Hall–Kier alpha value is -1.60. The Morgan fingerprint density at radius 2 is 1.87 bits per heavy atom. The van der Waals surface area contributed by atoms with E-state index in [-0.39, 0.29) is 18.4 Å². The van der Waals surface area contributed by atoms with Gasteiger partial charge in [0.15, 0.2) is 0 Å². The molecular formula is C15H25ClN6O. The molecule has 3 rings (SSSR count). The molecule has 0 unspecified atom stereocenters. The van der Waals surface area contributed by atoms with E-state index in [9.17, 15) is 4.79 Å². The maximum atomic E-state index is 12.1. The lowest BCUT2D eigenvalue weighted by atomic mass is 9.93. The third kappa shape index (κ3) is 3.35. The van der Waals surface area contributed by atoms with Crippen molar-refractivity contribution >= 4 is 30.1 Å². The monoisotopic (exact) mass is 340 g/mol. The number of carbonyl (C=O) groups is 1. The van der Waals surface area contributed by atoms with Crippen LogP contribution in [0.2, 0.25) is 0 Å². The van der Waals surface area contributed by atoms with Gasteiger partial charge in [-0.1, -0.05) is 0 Å². The third-order valence-electron chi connectivity index (χ3n) is 4.72. The van der Waals surface area contributed by atoms with Crippen LogP contribution in [0.15, 0.2) is 6.33 Å². The number of aromatic nitrogens is 2. The number of fused-ring (bicyclic) bond motifs is 1. The summed E-state index contributed by atoms with van der Waals surface area (Å²) in [6.07, 6.45) is 4.98. The van der Waals surface area contributed by atoms with Gasteiger partial charge in [-0.25, -0.2) is 14.8 Å². The number of nitrogens with two attached hydrogens (primary N) is 1. The Balaban J connectivity index is 0.00000192. The molecule has 8 heteroatoms. The summed E-state index contributed by atoms with van der Waals surface area (Å²) in [7, 11) is 3.58. The first-order valence-corrected chi connectivity index (χ1v) is 7.89. The molecular weight excluding hydrogens is 316 g/mol. The average Bonchev–Trinajstić information content (AvgIpc) is 2.53. The van der Waals surface area contributed by atoms with Crippen LogP contribution in [-0.4, -0.2) is 54.6 Å². The Bertz CT molecular complexity index is 561. The second-order valence-electron chi connectivity index (χ2n) is 6.20. The molecule has 2 amide bonds. The van der Waals surface area contributed by atoms with Crippen molar-refractivity contribution in [2.45, 2.75) is 25.8 Å². The summed E-state index contributed by atoms with van der Waals surface area (Å²) in [5.41, 5.74) is 6.71. The topological polar surface area (TPSA) is 78.6 Å². The number of amides is 2. The van der Waals surface area contributed by atoms with E-state index in [0.717, 1.165) is 62.0 Å². The van der Waals surface area contributed by atoms with Crippen molar-refractivity contribution < 1.29 is 4.79 Å². The highest BCUT2D eigenvalue weighted by atomic mass is 35.5. The fraction of sp³-hybridized carbons (Fsp3) is 0.667. The van der Waals surface area contributed by atoms with E-state index in [2.05, 4.69) is 14.9 Å². The van der Waals surface area contributed by atoms with Gasteiger partial charge in [0.05, 0.1) is 12.1 Å². The van der Waals surface area contributed by atoms with Gasteiger partial charge in [0.1, 0.15) is 18.0 Å². The van der Waals surface area contributed by atoms with E-state index in [0.29, 0.717) is 6.54 Å². The van der Waals surface area contributed by atoms with Gasteiger partial charge in [0.25, 0.3) is 0 Å². The van der Waals surface area contributed by atoms with Gasteiger partial charge in [-0.3, -0.25) is 4.90 Å². The van der Waals surface area contributed by atoms with Gasteiger partial charge in [-0.15, -0.1) is 12.4 Å². The number of hydrogen-bond donors (Lipinski definition) is 1. The van der Waals surface area contributed by atoms with Gasteiger partial charge < -0.3 is 15.5 Å². The number of hydrogen-bond acceptors (Lipinski definition) is 5. The van der Waals surface area contributed by atoms with E-state index in [1.54, 1.807) is 23.2 Å². The summed E-state index contributed by atoms with van der Waals surface area (Å²) in [5, 5.41) is 0. The van der Waals surface area contributed by atoms with Crippen molar-refractivity contribution in [3.8, 4) is 0 Å². The van der Waals surface area contributed by atoms with Gasteiger partial charge in [0.2, 0.25) is 0 Å². The highest BCUT2D eigenvalue weighted by Gasteiger charge is 2.31. The molecule has 0 atom stereocenters. The molecule has 0 bridgehead atoms. The van der Waals surface area contributed by atoms with Crippen LogP contribution in [0.3, 0.4) is 0 Å². The van der Waals surface area contributed by atoms with Crippen molar-refractivity contribution in [3.63, 3.8) is 0 Å². The molecule has 2 N–H and O–H groups in total. The fourth-order valence-electron chi connectivity index (χ4n) is 3.42. The first-order chi connectivity index (χ1) is 10.6. The van der Waals surface area contributed by atoms with Crippen LogP contribution in [0.4, 0.5) is 16.4 Å². The zero-order valence-corrected chi connectivity index (χ0v) is 14.6. The van der Waals surface area contributed by atoms with E-state index < -0.39 is 0 Å². The van der Waals surface area contributed by atoms with E-state index in [4.69, 9.17) is 5.73 Å². The van der Waals surface area contributed by atoms with Crippen LogP contribution in [0.1, 0.15) is 24.8 Å². The lowest BCUT2D eigenvalue weighted by Crippen LogP contribution is -2.45. The molecule has 0 spiro atoms. The fourth-order valence-corrected chi connectivity index (χ4v) is 3.42. The molecule has 0 saturated carbocycles. The summed E-state index contributed by atoms with van der Waals surface area (Å²) in [4.78, 5) is 26.5. The number of anilines is 2. The zero-order valence-electron chi connectivity index (χ0n) is 13.7. The van der Waals surface area contributed by atoms with Crippen LogP contribution in [0, 0.1) is 5.92 Å². The molecule has 1 fully saturated rings. The molecule has 0 radical (unpaired) electrons. The van der Waals surface area contributed by atoms with Gasteiger partial charge >= 0.3 is 6.03 Å². The lowest BCUT2D eigenvalue weighted by Gasteiger charge is -2.37. The van der Waals surface area contributed by atoms with Crippen molar-refractivity contribution in [2.24, 2.45) is 11.7 Å². The highest BCUT2D eigenvalue weighted by Crippen LogP contribution is 2.33. The normalized spacial score (nSPS) is 18.7. The molecule has 1 aromatic heterocycles. The summed E-state index contributed by atoms with van der Waals surface area (Å²) < 4.78 is 0. The van der Waals surface area contributed by atoms with Crippen LogP contribution in [0.5, 0.6) is 0 Å². The Labute approximate surface area is 143 Å². The molecule has 3 heterocycles. The van der Waals surface area contributed by atoms with E-state index in [1.807, 2.05) is 7.05 Å². The molecule has 0 aliphatic carbocycles. The highest BCUT2D eigenvalue weighted by molar-refractivity contribution is 5.93. The van der Waals surface area contributed by atoms with Crippen molar-refractivity contribution in [3.05, 3.63) is 11.9 Å². The first-order valence-electron chi connectivity index (χ1n) is 7.89. The van der Waals surface area contributed by atoms with Crippen LogP contribution < -0.4 is 15.5 Å². The molecule has 7 nitrogen and oxygen atoms in total. The number of nitrogens with zero attached hydrogens (tertiary/aromatic N) is 5. The largest absolute Gasteiger partial charge is 0.356 e. The number of urea groups is 1. The smallest absolute Gasteiger partial charge is 0.325 e. The quantitative estimate of drug-likeness (QED) is 0.901. The molecule has 0 aromatic carbocycles. The van der Waals surface area contributed by atoms with E-state index >= 15 is 0 Å². The minimum Gasteiger partial charge on any atom is -0.356 e. The van der Waals surface area contributed by atoms with Crippen molar-refractivity contribution in [1.29, 1.82) is 0 Å². The van der Waals surface area contributed by atoms with Gasteiger partial charge in [0, 0.05) is 27.2 Å². The molecule has 2 aliphatic rings. The molecule has 2 aliphatic heterocycles. The van der Waals surface area contributed by atoms with Crippen LogP contribution >= 0.6 is 12.4 Å². The Morgan fingerprint density at radius 1 is 1.22 bits per heavy atom.